The number of sulfonamides is 1. The van der Waals surface area contributed by atoms with Crippen molar-refractivity contribution in [3.8, 4) is 0 Å². The van der Waals surface area contributed by atoms with Crippen LogP contribution in [0.5, 0.6) is 0 Å². The van der Waals surface area contributed by atoms with Crippen LogP contribution >= 0.6 is 0 Å². The number of hydrogen-bond donors (Lipinski definition) is 2. The molecule has 10 nitrogen and oxygen atoms in total. The third-order valence-corrected chi connectivity index (χ3v) is 5.25. The first kappa shape index (κ1) is 24.0. The summed E-state index contributed by atoms with van der Waals surface area (Å²) >= 11 is 0. The second kappa shape index (κ2) is 11.2. The number of hydrogen-bond acceptors (Lipinski definition) is 8. The van der Waals surface area contributed by atoms with Gasteiger partial charge in [0.15, 0.2) is 0 Å². The van der Waals surface area contributed by atoms with Gasteiger partial charge in [-0.3, -0.25) is 19.4 Å². The first-order valence-corrected chi connectivity index (χ1v) is 10.8. The molecule has 11 heteroatoms. The van der Waals surface area contributed by atoms with Crippen molar-refractivity contribution < 1.29 is 32.3 Å². The first-order valence-electron chi connectivity index (χ1n) is 9.34. The lowest BCUT2D eigenvalue weighted by atomic mass is 10.2. The maximum Gasteiger partial charge on any atom is 0.303 e. The van der Waals surface area contributed by atoms with E-state index < -0.39 is 21.9 Å². The minimum absolute atomic E-state index is 0.0143. The average Bonchev–Trinajstić information content (AvgIpc) is 2.75. The first-order chi connectivity index (χ1) is 14.7. The molecule has 2 rings (SSSR count). The number of carbonyl (C=O) groups is 3. The van der Waals surface area contributed by atoms with Gasteiger partial charge in [-0.05, 0) is 43.3 Å². The lowest BCUT2D eigenvalue weighted by molar-refractivity contribution is -0.142. The summed E-state index contributed by atoms with van der Waals surface area (Å²) < 4.78 is 36.8. The Morgan fingerprint density at radius 1 is 1.00 bits per heavy atom. The van der Waals surface area contributed by atoms with E-state index in [4.69, 9.17) is 9.47 Å². The molecule has 0 unspecified atom stereocenters. The van der Waals surface area contributed by atoms with Gasteiger partial charge in [0.1, 0.15) is 6.61 Å². The van der Waals surface area contributed by atoms with E-state index in [0.29, 0.717) is 25.5 Å². The van der Waals surface area contributed by atoms with Crippen molar-refractivity contribution in [2.45, 2.75) is 25.3 Å². The van der Waals surface area contributed by atoms with Crippen LogP contribution in [0.15, 0.2) is 47.5 Å². The Balaban J connectivity index is 1.99. The van der Waals surface area contributed by atoms with Gasteiger partial charge < -0.3 is 14.8 Å². The van der Waals surface area contributed by atoms with Crippen LogP contribution in [0.3, 0.4) is 0 Å². The SMILES string of the molecule is CCOCCNC(=O)c1ccc(S(=O)(=O)NC(=O)c2ccc(COC(C)=O)nc2)cc1. The van der Waals surface area contributed by atoms with Crippen molar-refractivity contribution in [2.24, 2.45) is 0 Å². The van der Waals surface area contributed by atoms with Crippen LogP contribution in [0.2, 0.25) is 0 Å². The van der Waals surface area contributed by atoms with Gasteiger partial charge in [0.2, 0.25) is 0 Å². The van der Waals surface area contributed by atoms with Gasteiger partial charge in [-0.15, -0.1) is 0 Å². The zero-order valence-electron chi connectivity index (χ0n) is 17.1. The molecule has 0 fully saturated rings. The summed E-state index contributed by atoms with van der Waals surface area (Å²) in [6, 6.07) is 7.97. The quantitative estimate of drug-likeness (QED) is 0.405. The van der Waals surface area contributed by atoms with Crippen molar-refractivity contribution in [1.82, 2.24) is 15.0 Å². The fourth-order valence-corrected chi connectivity index (χ4v) is 3.30. The molecule has 2 aromatic rings. The number of benzene rings is 1. The van der Waals surface area contributed by atoms with Crippen molar-refractivity contribution in [3.05, 3.63) is 59.4 Å². The number of ether oxygens (including phenoxy) is 2. The molecule has 31 heavy (non-hydrogen) atoms. The number of pyridine rings is 1. The standard InChI is InChI=1S/C20H23N3O7S/c1-3-29-11-10-21-19(25)15-5-8-18(9-6-15)31(27,28)23-20(26)16-4-7-17(22-12-16)13-30-14(2)24/h4-9,12H,3,10-11,13H2,1-2H3,(H,21,25)(H,23,26). The number of nitrogens with zero attached hydrogens (tertiary/aromatic N) is 1. The number of esters is 1. The highest BCUT2D eigenvalue weighted by atomic mass is 32.2. The summed E-state index contributed by atoms with van der Waals surface area (Å²) in [5.41, 5.74) is 0.694. The van der Waals surface area contributed by atoms with Crippen LogP contribution in [-0.4, -0.2) is 50.9 Å². The Morgan fingerprint density at radius 3 is 2.26 bits per heavy atom. The van der Waals surface area contributed by atoms with Crippen LogP contribution < -0.4 is 10.0 Å². The normalized spacial score (nSPS) is 10.9. The van der Waals surface area contributed by atoms with Crippen molar-refractivity contribution >= 4 is 27.8 Å². The van der Waals surface area contributed by atoms with E-state index in [0.717, 1.165) is 0 Å². The topological polar surface area (TPSA) is 141 Å². The number of carbonyl (C=O) groups excluding carboxylic acids is 3. The van der Waals surface area contributed by atoms with E-state index in [1.54, 1.807) is 0 Å². The van der Waals surface area contributed by atoms with E-state index >= 15 is 0 Å². The van der Waals surface area contributed by atoms with Gasteiger partial charge in [-0.2, -0.15) is 0 Å². The largest absolute Gasteiger partial charge is 0.459 e. The van der Waals surface area contributed by atoms with Crippen LogP contribution in [0, 0.1) is 0 Å². The molecule has 0 aliphatic rings. The molecule has 166 valence electrons. The summed E-state index contributed by atoms with van der Waals surface area (Å²) in [6.07, 6.45) is 1.18. The van der Waals surface area contributed by atoms with E-state index in [1.165, 1.54) is 49.5 Å². The van der Waals surface area contributed by atoms with Crippen LogP contribution in [0.1, 0.15) is 40.3 Å². The maximum atomic E-state index is 12.5. The van der Waals surface area contributed by atoms with Gasteiger partial charge in [-0.25, -0.2) is 13.1 Å². The third kappa shape index (κ3) is 7.46. The molecule has 0 aliphatic carbocycles. The molecule has 2 N–H and O–H groups in total. The number of rotatable bonds is 10. The molecule has 1 aromatic carbocycles. The Kier molecular flexibility index (Phi) is 8.64. The Hall–Kier alpha value is -3.31. The maximum absolute atomic E-state index is 12.5. The molecule has 0 aliphatic heterocycles. The van der Waals surface area contributed by atoms with Crippen molar-refractivity contribution in [2.75, 3.05) is 19.8 Å². The van der Waals surface area contributed by atoms with Crippen molar-refractivity contribution in [3.63, 3.8) is 0 Å². The molecule has 0 bridgehead atoms. The van der Waals surface area contributed by atoms with E-state index in [9.17, 15) is 22.8 Å². The predicted molar refractivity (Wildman–Crippen MR) is 110 cm³/mol. The molecular weight excluding hydrogens is 426 g/mol. The molecule has 0 saturated heterocycles. The van der Waals surface area contributed by atoms with Gasteiger partial charge >= 0.3 is 5.97 Å². The molecule has 1 heterocycles. The van der Waals surface area contributed by atoms with Crippen LogP contribution in [-0.2, 0) is 30.9 Å². The van der Waals surface area contributed by atoms with Gasteiger partial charge in [-0.1, -0.05) is 0 Å². The lowest BCUT2D eigenvalue weighted by Gasteiger charge is -2.09. The van der Waals surface area contributed by atoms with E-state index in [-0.39, 0.29) is 28.5 Å². The third-order valence-electron chi connectivity index (χ3n) is 3.90. The number of nitrogens with one attached hydrogen (secondary N) is 2. The van der Waals surface area contributed by atoms with E-state index in [2.05, 4.69) is 10.3 Å². The molecule has 0 radical (unpaired) electrons. The summed E-state index contributed by atoms with van der Waals surface area (Å²) in [4.78, 5) is 38.9. The Morgan fingerprint density at radius 2 is 1.68 bits per heavy atom. The zero-order chi connectivity index (χ0) is 22.9. The minimum Gasteiger partial charge on any atom is -0.459 e. The van der Waals surface area contributed by atoms with Gasteiger partial charge in [0.25, 0.3) is 21.8 Å². The summed E-state index contributed by atoms with van der Waals surface area (Å²) in [5.74, 6) is -1.71. The fraction of sp³-hybridized carbons (Fsp3) is 0.300. The zero-order valence-corrected chi connectivity index (χ0v) is 17.9. The van der Waals surface area contributed by atoms with Crippen LogP contribution in [0.25, 0.3) is 0 Å². The summed E-state index contributed by atoms with van der Waals surface area (Å²) in [6.45, 7) is 4.30. The highest BCUT2D eigenvalue weighted by Crippen LogP contribution is 2.12. The smallest absolute Gasteiger partial charge is 0.303 e. The molecule has 0 saturated carbocycles. The summed E-state index contributed by atoms with van der Waals surface area (Å²) in [7, 11) is -4.15. The van der Waals surface area contributed by atoms with Gasteiger partial charge in [0.05, 0.1) is 22.8 Å². The predicted octanol–water partition coefficient (Wildman–Crippen LogP) is 1.03. The Bertz CT molecular complexity index is 1020. The highest BCUT2D eigenvalue weighted by molar-refractivity contribution is 7.90. The molecular formula is C20H23N3O7S. The number of amides is 2. The average molecular weight is 449 g/mol. The molecule has 0 atom stereocenters. The van der Waals surface area contributed by atoms with Crippen LogP contribution in [0.4, 0.5) is 0 Å². The van der Waals surface area contributed by atoms with E-state index in [1.807, 2.05) is 11.6 Å². The lowest BCUT2D eigenvalue weighted by Crippen LogP contribution is -2.31. The highest BCUT2D eigenvalue weighted by Gasteiger charge is 2.19. The second-order valence-corrected chi connectivity index (χ2v) is 7.91. The monoisotopic (exact) mass is 449 g/mol. The molecule has 1 aromatic heterocycles. The van der Waals surface area contributed by atoms with Gasteiger partial charge in [0, 0.05) is 31.8 Å². The summed E-state index contributed by atoms with van der Waals surface area (Å²) in [5, 5.41) is 2.65. The molecule has 2 amide bonds. The second-order valence-electron chi connectivity index (χ2n) is 6.23. The Labute approximate surface area is 180 Å². The fourth-order valence-electron chi connectivity index (χ4n) is 2.33. The van der Waals surface area contributed by atoms with Crippen molar-refractivity contribution in [1.29, 1.82) is 0 Å². The molecule has 0 spiro atoms. The number of aromatic nitrogens is 1. The minimum atomic E-state index is -4.15.